The first kappa shape index (κ1) is 18.8. The maximum atomic E-state index is 12.9. The van der Waals surface area contributed by atoms with Crippen molar-refractivity contribution in [1.82, 2.24) is 0 Å². The van der Waals surface area contributed by atoms with Crippen molar-refractivity contribution in [1.29, 1.82) is 0 Å². The average molecular weight is 376 g/mol. The molecular formula is C22H17FN2O3. The second-order valence-corrected chi connectivity index (χ2v) is 5.92. The van der Waals surface area contributed by atoms with E-state index in [2.05, 4.69) is 10.6 Å². The highest BCUT2D eigenvalue weighted by Crippen LogP contribution is 2.21. The van der Waals surface area contributed by atoms with E-state index in [4.69, 9.17) is 0 Å². The van der Waals surface area contributed by atoms with Crippen LogP contribution in [0, 0.1) is 5.82 Å². The standard InChI is InChI=1S/C22H17FN2O3/c23-17-10-8-16(9-11-17)22(28)24-18-12-5-15(6-13-18)7-14-21(27)25-19-3-1-2-4-20(19)26/h1-14,26H,(H,24,28)(H,25,27)/b14-7+. The Morgan fingerprint density at radius 2 is 1.54 bits per heavy atom. The molecule has 0 aromatic heterocycles. The molecule has 0 saturated heterocycles. The summed E-state index contributed by atoms with van der Waals surface area (Å²) in [5, 5.41) is 14.9. The molecule has 28 heavy (non-hydrogen) atoms. The summed E-state index contributed by atoms with van der Waals surface area (Å²) in [5.41, 5.74) is 2.01. The van der Waals surface area contributed by atoms with Gasteiger partial charge < -0.3 is 15.7 Å². The number of amides is 2. The van der Waals surface area contributed by atoms with Gasteiger partial charge in [0.1, 0.15) is 11.6 Å². The molecule has 3 rings (SSSR count). The Morgan fingerprint density at radius 3 is 2.21 bits per heavy atom. The molecule has 0 saturated carbocycles. The lowest BCUT2D eigenvalue weighted by molar-refractivity contribution is -0.111. The molecule has 3 aromatic carbocycles. The molecule has 0 aliphatic rings. The average Bonchev–Trinajstić information content (AvgIpc) is 2.70. The predicted octanol–water partition coefficient (Wildman–Crippen LogP) is 4.44. The van der Waals surface area contributed by atoms with Crippen LogP contribution in [0.2, 0.25) is 0 Å². The third kappa shape index (κ3) is 5.04. The second kappa shape index (κ2) is 8.64. The van der Waals surface area contributed by atoms with Gasteiger partial charge in [-0.2, -0.15) is 0 Å². The lowest BCUT2D eigenvalue weighted by atomic mass is 10.1. The van der Waals surface area contributed by atoms with Gasteiger partial charge in [-0.05, 0) is 60.2 Å². The summed E-state index contributed by atoms with van der Waals surface area (Å²) in [6.07, 6.45) is 2.96. The Bertz CT molecular complexity index is 1010. The monoisotopic (exact) mass is 376 g/mol. The lowest BCUT2D eigenvalue weighted by Crippen LogP contribution is -2.11. The molecule has 6 heteroatoms. The third-order valence-corrected chi connectivity index (χ3v) is 3.86. The van der Waals surface area contributed by atoms with Crippen molar-refractivity contribution >= 4 is 29.3 Å². The van der Waals surface area contributed by atoms with E-state index in [1.807, 2.05) is 0 Å². The first-order chi connectivity index (χ1) is 13.5. The van der Waals surface area contributed by atoms with Crippen molar-refractivity contribution < 1.29 is 19.1 Å². The van der Waals surface area contributed by atoms with Gasteiger partial charge in [0, 0.05) is 17.3 Å². The van der Waals surface area contributed by atoms with E-state index in [-0.39, 0.29) is 17.6 Å². The molecule has 0 fully saturated rings. The summed E-state index contributed by atoms with van der Waals surface area (Å²) in [4.78, 5) is 24.0. The normalized spacial score (nSPS) is 10.6. The predicted molar refractivity (Wildman–Crippen MR) is 107 cm³/mol. The third-order valence-electron chi connectivity index (χ3n) is 3.86. The highest BCUT2D eigenvalue weighted by atomic mass is 19.1. The number of anilines is 2. The van der Waals surface area contributed by atoms with Crippen molar-refractivity contribution in [2.24, 2.45) is 0 Å². The summed E-state index contributed by atoms with van der Waals surface area (Å²) in [7, 11) is 0. The van der Waals surface area contributed by atoms with Crippen LogP contribution in [0.1, 0.15) is 15.9 Å². The van der Waals surface area contributed by atoms with E-state index in [1.165, 1.54) is 36.4 Å². The molecule has 140 valence electrons. The number of halogens is 1. The quantitative estimate of drug-likeness (QED) is 0.455. The van der Waals surface area contributed by atoms with E-state index >= 15 is 0 Å². The van der Waals surface area contributed by atoms with Crippen molar-refractivity contribution in [2.75, 3.05) is 10.6 Å². The molecule has 0 aliphatic heterocycles. The number of phenols is 1. The fourth-order valence-electron chi connectivity index (χ4n) is 2.41. The van der Waals surface area contributed by atoms with Crippen molar-refractivity contribution in [2.45, 2.75) is 0 Å². The van der Waals surface area contributed by atoms with Gasteiger partial charge in [0.2, 0.25) is 5.91 Å². The fourth-order valence-corrected chi connectivity index (χ4v) is 2.41. The van der Waals surface area contributed by atoms with Crippen LogP contribution in [-0.2, 0) is 4.79 Å². The number of carbonyl (C=O) groups is 2. The van der Waals surface area contributed by atoms with Crippen LogP contribution in [0.4, 0.5) is 15.8 Å². The Kier molecular flexibility index (Phi) is 5.81. The highest BCUT2D eigenvalue weighted by molar-refractivity contribution is 6.04. The molecule has 0 radical (unpaired) electrons. The van der Waals surface area contributed by atoms with Crippen LogP contribution in [0.3, 0.4) is 0 Å². The summed E-state index contributed by atoms with van der Waals surface area (Å²) in [5.74, 6) is -1.13. The number of carbonyl (C=O) groups excluding carboxylic acids is 2. The zero-order valence-electron chi connectivity index (χ0n) is 14.7. The van der Waals surface area contributed by atoms with E-state index < -0.39 is 5.82 Å². The molecule has 0 unspecified atom stereocenters. The minimum atomic E-state index is -0.404. The first-order valence-electron chi connectivity index (χ1n) is 8.45. The molecular weight excluding hydrogens is 359 g/mol. The van der Waals surface area contributed by atoms with E-state index in [0.29, 0.717) is 16.9 Å². The van der Waals surface area contributed by atoms with Crippen LogP contribution in [-0.4, -0.2) is 16.9 Å². The van der Waals surface area contributed by atoms with Gasteiger partial charge in [-0.15, -0.1) is 0 Å². The van der Waals surface area contributed by atoms with Crippen molar-refractivity contribution in [3.63, 3.8) is 0 Å². The van der Waals surface area contributed by atoms with Crippen LogP contribution >= 0.6 is 0 Å². The van der Waals surface area contributed by atoms with E-state index in [9.17, 15) is 19.1 Å². The SMILES string of the molecule is O=C(/C=C/c1ccc(NC(=O)c2ccc(F)cc2)cc1)Nc1ccccc1O. The van der Waals surface area contributed by atoms with E-state index in [1.54, 1.807) is 48.5 Å². The first-order valence-corrected chi connectivity index (χ1v) is 8.45. The smallest absolute Gasteiger partial charge is 0.255 e. The Morgan fingerprint density at radius 1 is 0.857 bits per heavy atom. The zero-order chi connectivity index (χ0) is 19.9. The number of aromatic hydroxyl groups is 1. The van der Waals surface area contributed by atoms with Crippen molar-refractivity contribution in [3.05, 3.63) is 95.8 Å². The number of hydrogen-bond donors (Lipinski definition) is 3. The molecule has 5 nitrogen and oxygen atoms in total. The molecule has 3 aromatic rings. The van der Waals surface area contributed by atoms with Crippen LogP contribution in [0.5, 0.6) is 5.75 Å². The summed E-state index contributed by atoms with van der Waals surface area (Å²) >= 11 is 0. The number of benzene rings is 3. The molecule has 0 spiro atoms. The summed E-state index contributed by atoms with van der Waals surface area (Å²) in [6.45, 7) is 0. The summed E-state index contributed by atoms with van der Waals surface area (Å²) < 4.78 is 12.9. The molecule has 2 amide bonds. The number of rotatable bonds is 5. The number of hydrogen-bond acceptors (Lipinski definition) is 3. The Labute approximate surface area is 161 Å². The van der Waals surface area contributed by atoms with E-state index in [0.717, 1.165) is 5.56 Å². The second-order valence-electron chi connectivity index (χ2n) is 5.92. The van der Waals surface area contributed by atoms with Gasteiger partial charge in [0.05, 0.1) is 5.69 Å². The fraction of sp³-hybridized carbons (Fsp3) is 0. The van der Waals surface area contributed by atoms with Gasteiger partial charge in [-0.1, -0.05) is 24.3 Å². The maximum Gasteiger partial charge on any atom is 0.255 e. The highest BCUT2D eigenvalue weighted by Gasteiger charge is 2.06. The van der Waals surface area contributed by atoms with Gasteiger partial charge in [-0.25, -0.2) is 4.39 Å². The molecule has 3 N–H and O–H groups in total. The maximum absolute atomic E-state index is 12.9. The summed E-state index contributed by atoms with van der Waals surface area (Å²) in [6, 6.07) is 18.6. The lowest BCUT2D eigenvalue weighted by Gasteiger charge is -2.06. The zero-order valence-corrected chi connectivity index (χ0v) is 14.7. The molecule has 0 atom stereocenters. The molecule has 0 bridgehead atoms. The van der Waals surface area contributed by atoms with Gasteiger partial charge >= 0.3 is 0 Å². The van der Waals surface area contributed by atoms with Crippen molar-refractivity contribution in [3.8, 4) is 5.75 Å². The van der Waals surface area contributed by atoms with Crippen LogP contribution in [0.15, 0.2) is 78.9 Å². The Hall–Kier alpha value is -3.93. The number of phenolic OH excluding ortho intramolecular Hbond substituents is 1. The number of para-hydroxylation sites is 2. The molecule has 0 aliphatic carbocycles. The largest absolute Gasteiger partial charge is 0.506 e. The topological polar surface area (TPSA) is 78.4 Å². The van der Waals surface area contributed by atoms with Gasteiger partial charge in [-0.3, -0.25) is 9.59 Å². The van der Waals surface area contributed by atoms with Gasteiger partial charge in [0.25, 0.3) is 5.91 Å². The van der Waals surface area contributed by atoms with Gasteiger partial charge in [0.15, 0.2) is 0 Å². The minimum absolute atomic E-state index is 0.00880. The Balaban J connectivity index is 1.58. The number of nitrogens with one attached hydrogen (secondary N) is 2. The van der Waals surface area contributed by atoms with Crippen LogP contribution in [0.25, 0.3) is 6.08 Å². The minimum Gasteiger partial charge on any atom is -0.506 e. The van der Waals surface area contributed by atoms with Crippen LogP contribution < -0.4 is 10.6 Å². The molecule has 0 heterocycles.